The van der Waals surface area contributed by atoms with E-state index in [2.05, 4.69) is 56.6 Å². The van der Waals surface area contributed by atoms with E-state index in [0.717, 1.165) is 16.7 Å². The molecule has 0 radical (unpaired) electrons. The molecule has 40 heavy (non-hydrogen) atoms. The molecule has 3 aromatic carbocycles. The van der Waals surface area contributed by atoms with Crippen LogP contribution in [-0.4, -0.2) is 51.5 Å². The van der Waals surface area contributed by atoms with E-state index >= 15 is 0 Å². The van der Waals surface area contributed by atoms with Crippen molar-refractivity contribution in [2.24, 2.45) is 0 Å². The molecule has 4 rings (SSSR count). The van der Waals surface area contributed by atoms with Crippen LogP contribution in [-0.2, 0) is 21.5 Å². The zero-order chi connectivity index (χ0) is 28.6. The van der Waals surface area contributed by atoms with Crippen LogP contribution in [0.3, 0.4) is 0 Å². The second-order valence-electron chi connectivity index (χ2n) is 10.4. The lowest BCUT2D eigenvalue weighted by molar-refractivity contribution is -0.123. The second kappa shape index (κ2) is 12.6. The minimum absolute atomic E-state index is 0.0573. The number of ether oxygens (including phenoxy) is 1. The Kier molecular flexibility index (Phi) is 9.01. The Hall–Kier alpha value is -4.43. The highest BCUT2D eigenvalue weighted by molar-refractivity contribution is 5.85. The van der Waals surface area contributed by atoms with E-state index in [9.17, 15) is 14.7 Å². The van der Waals surface area contributed by atoms with Crippen LogP contribution in [0.2, 0.25) is 0 Å². The van der Waals surface area contributed by atoms with Gasteiger partial charge in [0.25, 0.3) is 0 Å². The number of hydrogen-bond acceptors (Lipinski definition) is 5. The summed E-state index contributed by atoms with van der Waals surface area (Å²) in [5, 5.41) is 14.7. The summed E-state index contributed by atoms with van der Waals surface area (Å²) in [4.78, 5) is 30.6. The number of aromatic nitrogens is 2. The number of alkyl carbamates (subject to hydrolysis) is 1. The summed E-state index contributed by atoms with van der Waals surface area (Å²) in [6.07, 6.45) is 2.97. The van der Waals surface area contributed by atoms with Gasteiger partial charge in [-0.05, 0) is 37.5 Å². The molecule has 0 fully saturated rings. The van der Waals surface area contributed by atoms with E-state index in [1.165, 1.54) is 0 Å². The van der Waals surface area contributed by atoms with Crippen LogP contribution < -0.4 is 10.6 Å². The van der Waals surface area contributed by atoms with Crippen LogP contribution in [0.4, 0.5) is 4.79 Å². The van der Waals surface area contributed by atoms with E-state index in [0.29, 0.717) is 5.82 Å². The predicted molar refractivity (Wildman–Crippen MR) is 154 cm³/mol. The molecule has 1 unspecified atom stereocenters. The highest BCUT2D eigenvalue weighted by Gasteiger charge is 2.40. The molecule has 1 aromatic heterocycles. The Labute approximate surface area is 235 Å². The van der Waals surface area contributed by atoms with E-state index in [1.54, 1.807) is 27.0 Å². The molecule has 1 heterocycles. The molecule has 0 saturated heterocycles. The molecule has 0 aliphatic rings. The standard InChI is InChI=1S/C32H36N4O4/c1-31(2,3)40-30(39)35-27(29(38)34-20-22-37)23-28-33-19-21-36(28)32(24-13-7-4-8-14-24,25-15-9-5-10-16-25)26-17-11-6-12-18-26/h4-19,21,27,37H,20,22-23H2,1-3H3,(H,34,38)(H,35,39). The molecule has 1 atom stereocenters. The fraction of sp³-hybridized carbons (Fsp3) is 0.281. The van der Waals surface area contributed by atoms with Gasteiger partial charge in [-0.1, -0.05) is 91.0 Å². The summed E-state index contributed by atoms with van der Waals surface area (Å²) in [5.74, 6) is 0.135. The van der Waals surface area contributed by atoms with Crippen LogP contribution in [0.5, 0.6) is 0 Å². The molecular formula is C32H36N4O4. The summed E-state index contributed by atoms with van der Waals surface area (Å²) in [6, 6.07) is 29.4. The number of amides is 2. The predicted octanol–water partition coefficient (Wildman–Crippen LogP) is 4.27. The molecule has 2 amide bonds. The minimum atomic E-state index is -0.998. The zero-order valence-corrected chi connectivity index (χ0v) is 23.1. The number of nitrogens with one attached hydrogen (secondary N) is 2. The zero-order valence-electron chi connectivity index (χ0n) is 23.1. The van der Waals surface area contributed by atoms with Crippen molar-refractivity contribution in [2.45, 2.75) is 44.4 Å². The van der Waals surface area contributed by atoms with E-state index in [4.69, 9.17) is 4.74 Å². The van der Waals surface area contributed by atoms with Gasteiger partial charge in [0.2, 0.25) is 5.91 Å². The fourth-order valence-electron chi connectivity index (χ4n) is 4.89. The van der Waals surface area contributed by atoms with Crippen LogP contribution in [0.1, 0.15) is 43.3 Å². The third-order valence-electron chi connectivity index (χ3n) is 6.46. The van der Waals surface area contributed by atoms with Gasteiger partial charge in [0, 0.05) is 25.4 Å². The van der Waals surface area contributed by atoms with Crippen molar-refractivity contribution in [3.05, 3.63) is 126 Å². The van der Waals surface area contributed by atoms with Gasteiger partial charge in [-0.15, -0.1) is 0 Å². The van der Waals surface area contributed by atoms with Gasteiger partial charge in [-0.2, -0.15) is 0 Å². The third kappa shape index (κ3) is 6.40. The molecule has 3 N–H and O–H groups in total. The minimum Gasteiger partial charge on any atom is -0.444 e. The van der Waals surface area contributed by atoms with Crippen molar-refractivity contribution in [1.82, 2.24) is 20.2 Å². The summed E-state index contributed by atoms with van der Waals surface area (Å²) < 4.78 is 7.51. The number of benzene rings is 3. The highest BCUT2D eigenvalue weighted by atomic mass is 16.6. The van der Waals surface area contributed by atoms with Gasteiger partial charge in [0.15, 0.2) is 0 Å². The van der Waals surface area contributed by atoms with Crippen molar-refractivity contribution >= 4 is 12.0 Å². The SMILES string of the molecule is CC(C)(C)OC(=O)NC(Cc1nccn1C(c1ccccc1)(c1ccccc1)c1ccccc1)C(=O)NCCO. The van der Waals surface area contributed by atoms with Crippen LogP contribution >= 0.6 is 0 Å². The topological polar surface area (TPSA) is 105 Å². The van der Waals surface area contributed by atoms with Crippen LogP contribution in [0.25, 0.3) is 0 Å². The summed E-state index contributed by atoms with van der Waals surface area (Å²) >= 11 is 0. The number of aliphatic hydroxyl groups is 1. The Bertz CT molecular complexity index is 1290. The normalized spacial score (nSPS) is 12.4. The lowest BCUT2D eigenvalue weighted by atomic mass is 9.76. The summed E-state index contributed by atoms with van der Waals surface area (Å²) in [7, 11) is 0. The maximum atomic E-state index is 13.2. The monoisotopic (exact) mass is 540 g/mol. The van der Waals surface area contributed by atoms with Crippen molar-refractivity contribution in [1.29, 1.82) is 0 Å². The quantitative estimate of drug-likeness (QED) is 0.261. The molecule has 0 bridgehead atoms. The van der Waals surface area contributed by atoms with E-state index in [1.807, 2.05) is 60.8 Å². The molecule has 208 valence electrons. The first-order valence-corrected chi connectivity index (χ1v) is 13.3. The van der Waals surface area contributed by atoms with Gasteiger partial charge in [0.1, 0.15) is 23.0 Å². The van der Waals surface area contributed by atoms with E-state index < -0.39 is 29.2 Å². The Balaban J connectivity index is 1.86. The molecule has 0 spiro atoms. The van der Waals surface area contributed by atoms with Crippen LogP contribution in [0, 0.1) is 0 Å². The molecule has 0 aliphatic heterocycles. The number of aliphatic hydroxyl groups excluding tert-OH is 1. The highest BCUT2D eigenvalue weighted by Crippen LogP contribution is 2.41. The number of hydrogen-bond donors (Lipinski definition) is 3. The second-order valence-corrected chi connectivity index (χ2v) is 10.4. The first-order valence-electron chi connectivity index (χ1n) is 13.3. The van der Waals surface area contributed by atoms with Gasteiger partial charge in [-0.25, -0.2) is 9.78 Å². The number of carbonyl (C=O) groups is 2. The first kappa shape index (κ1) is 28.6. The lowest BCUT2D eigenvalue weighted by Crippen LogP contribution is -2.50. The lowest BCUT2D eigenvalue weighted by Gasteiger charge is -2.39. The number of rotatable bonds is 10. The number of imidazole rings is 1. The van der Waals surface area contributed by atoms with Gasteiger partial charge >= 0.3 is 6.09 Å². The molecular weight excluding hydrogens is 504 g/mol. The smallest absolute Gasteiger partial charge is 0.408 e. The van der Waals surface area contributed by atoms with Crippen molar-refractivity contribution in [2.75, 3.05) is 13.2 Å². The Morgan fingerprint density at radius 1 is 0.875 bits per heavy atom. The average molecular weight is 541 g/mol. The van der Waals surface area contributed by atoms with Crippen molar-refractivity contribution in [3.63, 3.8) is 0 Å². The van der Waals surface area contributed by atoms with Crippen molar-refractivity contribution < 1.29 is 19.4 Å². The first-order chi connectivity index (χ1) is 19.3. The maximum Gasteiger partial charge on any atom is 0.408 e. The fourth-order valence-corrected chi connectivity index (χ4v) is 4.89. The number of nitrogens with zero attached hydrogens (tertiary/aromatic N) is 2. The molecule has 4 aromatic rings. The molecule has 0 saturated carbocycles. The van der Waals surface area contributed by atoms with E-state index in [-0.39, 0.29) is 19.6 Å². The largest absolute Gasteiger partial charge is 0.444 e. The third-order valence-corrected chi connectivity index (χ3v) is 6.46. The van der Waals surface area contributed by atoms with Crippen LogP contribution in [0.15, 0.2) is 103 Å². The van der Waals surface area contributed by atoms with Gasteiger partial charge < -0.3 is 25.0 Å². The summed E-state index contributed by atoms with van der Waals surface area (Å²) in [5.41, 5.74) is 1.46. The average Bonchev–Trinajstić information content (AvgIpc) is 3.41. The molecule has 8 heteroatoms. The Morgan fingerprint density at radius 2 is 1.38 bits per heavy atom. The maximum absolute atomic E-state index is 13.2. The number of carbonyl (C=O) groups excluding carboxylic acids is 2. The molecule has 0 aliphatic carbocycles. The van der Waals surface area contributed by atoms with Crippen molar-refractivity contribution in [3.8, 4) is 0 Å². The molecule has 8 nitrogen and oxygen atoms in total. The van der Waals surface area contributed by atoms with Gasteiger partial charge in [-0.3, -0.25) is 4.79 Å². The van der Waals surface area contributed by atoms with Gasteiger partial charge in [0.05, 0.1) is 6.61 Å². The summed E-state index contributed by atoms with van der Waals surface area (Å²) in [6.45, 7) is 5.11. The Morgan fingerprint density at radius 3 is 1.82 bits per heavy atom.